The van der Waals surface area contributed by atoms with Gasteiger partial charge in [-0.15, -0.1) is 0 Å². The highest BCUT2D eigenvalue weighted by Crippen LogP contribution is 2.19. The first-order valence-corrected chi connectivity index (χ1v) is 6.86. The fraction of sp³-hybridized carbons (Fsp3) is 0.846. The smallest absolute Gasteiger partial charge is 0.237 e. The van der Waals surface area contributed by atoms with E-state index < -0.39 is 5.91 Å². The molecule has 104 valence electrons. The Balaban J connectivity index is 2.63. The van der Waals surface area contributed by atoms with E-state index in [1.54, 1.807) is 4.90 Å². The normalized spacial score (nSPS) is 23.7. The van der Waals surface area contributed by atoms with Gasteiger partial charge in [-0.3, -0.25) is 9.59 Å². The number of unbranched alkanes of at least 4 members (excludes halogenated alkanes) is 1. The Morgan fingerprint density at radius 2 is 2.17 bits per heavy atom. The molecule has 0 aromatic carbocycles. The molecule has 1 heterocycles. The first-order chi connectivity index (χ1) is 8.56. The Hall–Kier alpha value is -1.10. The molecule has 0 aliphatic carbocycles. The van der Waals surface area contributed by atoms with Crippen LogP contribution in [0.5, 0.6) is 0 Å². The molecule has 1 aliphatic rings. The van der Waals surface area contributed by atoms with Crippen molar-refractivity contribution in [2.45, 2.75) is 45.6 Å². The predicted octanol–water partition coefficient (Wildman–Crippen LogP) is 0.489. The van der Waals surface area contributed by atoms with Crippen LogP contribution in [0, 0.1) is 5.92 Å². The summed E-state index contributed by atoms with van der Waals surface area (Å²) >= 11 is 0. The molecule has 5 heteroatoms. The fourth-order valence-corrected chi connectivity index (χ4v) is 2.42. The van der Waals surface area contributed by atoms with Crippen molar-refractivity contribution in [1.29, 1.82) is 0 Å². The highest BCUT2D eigenvalue weighted by Gasteiger charge is 2.31. The summed E-state index contributed by atoms with van der Waals surface area (Å²) in [6.45, 7) is 5.74. The minimum absolute atomic E-state index is 0.0186. The number of rotatable bonds is 6. The van der Waals surface area contributed by atoms with Gasteiger partial charge in [-0.05, 0) is 32.7 Å². The summed E-state index contributed by atoms with van der Waals surface area (Å²) in [4.78, 5) is 25.1. The van der Waals surface area contributed by atoms with Gasteiger partial charge in [0.15, 0.2) is 0 Å². The van der Waals surface area contributed by atoms with E-state index in [9.17, 15) is 9.59 Å². The van der Waals surface area contributed by atoms with E-state index in [-0.39, 0.29) is 24.4 Å². The quantitative estimate of drug-likeness (QED) is 0.725. The molecule has 0 spiro atoms. The maximum Gasteiger partial charge on any atom is 0.237 e. The number of amides is 2. The number of nitrogens with one attached hydrogen (secondary N) is 1. The highest BCUT2D eigenvalue weighted by atomic mass is 16.2. The van der Waals surface area contributed by atoms with Gasteiger partial charge in [-0.25, -0.2) is 0 Å². The van der Waals surface area contributed by atoms with Crippen molar-refractivity contribution in [3.05, 3.63) is 0 Å². The van der Waals surface area contributed by atoms with Crippen LogP contribution in [0.3, 0.4) is 0 Å². The molecule has 1 rings (SSSR count). The van der Waals surface area contributed by atoms with Gasteiger partial charge in [0.25, 0.3) is 0 Å². The lowest BCUT2D eigenvalue weighted by molar-refractivity contribution is -0.140. The van der Waals surface area contributed by atoms with Gasteiger partial charge in [-0.1, -0.05) is 13.3 Å². The van der Waals surface area contributed by atoms with Gasteiger partial charge < -0.3 is 16.0 Å². The van der Waals surface area contributed by atoms with Gasteiger partial charge in [0.2, 0.25) is 11.8 Å². The van der Waals surface area contributed by atoms with Crippen molar-refractivity contribution < 1.29 is 9.59 Å². The second kappa shape index (κ2) is 7.36. The Labute approximate surface area is 109 Å². The van der Waals surface area contributed by atoms with Crippen molar-refractivity contribution in [1.82, 2.24) is 10.2 Å². The SMILES string of the molecule is CCCCN(CC(N)=O)C(=O)C1CCCNC1C. The third kappa shape index (κ3) is 4.29. The van der Waals surface area contributed by atoms with Crippen LogP contribution in [0.1, 0.15) is 39.5 Å². The van der Waals surface area contributed by atoms with Gasteiger partial charge in [-0.2, -0.15) is 0 Å². The molecule has 3 N–H and O–H groups in total. The van der Waals surface area contributed by atoms with Gasteiger partial charge >= 0.3 is 0 Å². The lowest BCUT2D eigenvalue weighted by atomic mass is 9.90. The van der Waals surface area contributed by atoms with Gasteiger partial charge in [0, 0.05) is 12.6 Å². The molecule has 1 fully saturated rings. The maximum absolute atomic E-state index is 12.4. The van der Waals surface area contributed by atoms with E-state index >= 15 is 0 Å². The number of hydrogen-bond donors (Lipinski definition) is 2. The molecule has 0 aromatic rings. The molecular formula is C13H25N3O2. The minimum Gasteiger partial charge on any atom is -0.368 e. The standard InChI is InChI=1S/C13H25N3O2/c1-3-4-8-16(9-12(14)17)13(18)11-6-5-7-15-10(11)2/h10-11,15H,3-9H2,1-2H3,(H2,14,17). The molecule has 0 saturated carbocycles. The summed E-state index contributed by atoms with van der Waals surface area (Å²) in [5, 5.41) is 3.31. The number of primary amides is 1. The van der Waals surface area contributed by atoms with E-state index in [0.29, 0.717) is 6.54 Å². The van der Waals surface area contributed by atoms with Crippen LogP contribution < -0.4 is 11.1 Å². The zero-order valence-corrected chi connectivity index (χ0v) is 11.4. The van der Waals surface area contributed by atoms with Crippen molar-refractivity contribution >= 4 is 11.8 Å². The van der Waals surface area contributed by atoms with Crippen molar-refractivity contribution in [3.63, 3.8) is 0 Å². The number of piperidine rings is 1. The van der Waals surface area contributed by atoms with E-state index in [1.165, 1.54) is 0 Å². The summed E-state index contributed by atoms with van der Waals surface area (Å²) in [6, 6.07) is 0.184. The zero-order chi connectivity index (χ0) is 13.5. The third-order valence-corrected chi connectivity index (χ3v) is 3.52. The molecule has 2 unspecified atom stereocenters. The molecule has 0 radical (unpaired) electrons. The Kier molecular flexibility index (Phi) is 6.12. The lowest BCUT2D eigenvalue weighted by Gasteiger charge is -2.33. The summed E-state index contributed by atoms with van der Waals surface area (Å²) < 4.78 is 0. The predicted molar refractivity (Wildman–Crippen MR) is 70.9 cm³/mol. The van der Waals surface area contributed by atoms with Crippen molar-refractivity contribution in [2.75, 3.05) is 19.6 Å². The monoisotopic (exact) mass is 255 g/mol. The Morgan fingerprint density at radius 1 is 1.44 bits per heavy atom. The van der Waals surface area contributed by atoms with E-state index in [2.05, 4.69) is 12.2 Å². The molecule has 0 bridgehead atoms. The second-order valence-corrected chi connectivity index (χ2v) is 5.07. The molecule has 18 heavy (non-hydrogen) atoms. The van der Waals surface area contributed by atoms with Crippen LogP contribution in [0.2, 0.25) is 0 Å². The van der Waals surface area contributed by atoms with Crippen LogP contribution in [-0.2, 0) is 9.59 Å². The van der Waals surface area contributed by atoms with E-state index in [0.717, 1.165) is 32.2 Å². The maximum atomic E-state index is 12.4. The number of hydrogen-bond acceptors (Lipinski definition) is 3. The van der Waals surface area contributed by atoms with Crippen LogP contribution in [-0.4, -0.2) is 42.4 Å². The number of carbonyl (C=O) groups excluding carboxylic acids is 2. The number of nitrogens with zero attached hydrogens (tertiary/aromatic N) is 1. The molecule has 5 nitrogen and oxygen atoms in total. The zero-order valence-electron chi connectivity index (χ0n) is 11.4. The molecule has 1 aliphatic heterocycles. The van der Waals surface area contributed by atoms with Crippen molar-refractivity contribution in [2.24, 2.45) is 11.7 Å². The Bertz CT molecular complexity index is 294. The number of carbonyl (C=O) groups is 2. The summed E-state index contributed by atoms with van der Waals surface area (Å²) in [5.74, 6) is -0.382. The first kappa shape index (κ1) is 15.0. The molecule has 2 amide bonds. The lowest BCUT2D eigenvalue weighted by Crippen LogP contribution is -2.50. The van der Waals surface area contributed by atoms with E-state index in [1.807, 2.05) is 6.92 Å². The summed E-state index contributed by atoms with van der Waals surface area (Å²) in [5.41, 5.74) is 5.22. The van der Waals surface area contributed by atoms with Crippen LogP contribution in [0.4, 0.5) is 0 Å². The fourth-order valence-electron chi connectivity index (χ4n) is 2.42. The summed E-state index contributed by atoms with van der Waals surface area (Å²) in [6.07, 6.45) is 3.82. The summed E-state index contributed by atoms with van der Waals surface area (Å²) in [7, 11) is 0. The van der Waals surface area contributed by atoms with Crippen LogP contribution >= 0.6 is 0 Å². The number of nitrogens with two attached hydrogens (primary N) is 1. The second-order valence-electron chi connectivity index (χ2n) is 5.07. The minimum atomic E-state index is -0.434. The molecular weight excluding hydrogens is 230 g/mol. The van der Waals surface area contributed by atoms with Crippen LogP contribution in [0.25, 0.3) is 0 Å². The average molecular weight is 255 g/mol. The Morgan fingerprint density at radius 3 is 2.72 bits per heavy atom. The van der Waals surface area contributed by atoms with E-state index in [4.69, 9.17) is 5.73 Å². The van der Waals surface area contributed by atoms with Gasteiger partial charge in [0.1, 0.15) is 0 Å². The molecule has 0 aromatic heterocycles. The average Bonchev–Trinajstić information content (AvgIpc) is 2.34. The molecule has 1 saturated heterocycles. The molecule has 2 atom stereocenters. The third-order valence-electron chi connectivity index (χ3n) is 3.52. The van der Waals surface area contributed by atoms with Crippen LogP contribution in [0.15, 0.2) is 0 Å². The highest BCUT2D eigenvalue weighted by molar-refractivity contribution is 5.85. The largest absolute Gasteiger partial charge is 0.368 e. The first-order valence-electron chi connectivity index (χ1n) is 6.86. The van der Waals surface area contributed by atoms with Gasteiger partial charge in [0.05, 0.1) is 12.5 Å². The topological polar surface area (TPSA) is 75.4 Å². The van der Waals surface area contributed by atoms with Crippen molar-refractivity contribution in [3.8, 4) is 0 Å².